The average Bonchev–Trinajstić information content (AvgIpc) is 3.01. The number of aromatic nitrogens is 1. The summed E-state index contributed by atoms with van der Waals surface area (Å²) in [5.41, 5.74) is 4.00. The highest BCUT2D eigenvalue weighted by molar-refractivity contribution is 5.76. The number of anilines is 1. The highest BCUT2D eigenvalue weighted by Crippen LogP contribution is 2.25. The number of carbonyl (C=O) groups is 2. The molecule has 1 aliphatic rings. The number of ether oxygens (including phenoxy) is 1. The number of nitrogens with one attached hydrogen (secondary N) is 2. The van der Waals surface area contributed by atoms with Gasteiger partial charge in [-0.25, -0.2) is 14.2 Å². The smallest absolute Gasteiger partial charge is 0.326 e. The molecule has 1 aliphatic heterocycles. The molecule has 0 aliphatic carbocycles. The molecule has 3 N–H and O–H groups in total. The minimum atomic E-state index is -1.15. The Morgan fingerprint density at radius 2 is 1.93 bits per heavy atom. The zero-order valence-electron chi connectivity index (χ0n) is 29.4. The molecule has 2 heterocycles. The molecule has 0 saturated carbocycles. The number of terminal acetylenes is 1. The molecule has 1 amide bonds. The van der Waals surface area contributed by atoms with E-state index in [0.29, 0.717) is 24.9 Å². The van der Waals surface area contributed by atoms with Crippen molar-refractivity contribution in [2.45, 2.75) is 106 Å². The van der Waals surface area contributed by atoms with Gasteiger partial charge in [-0.05, 0) is 88.5 Å². The molecule has 1 aromatic heterocycles. The standard InChI is InChI=1S/C21H33FN4O4.C10H18.C3H4.C2H6/c1-30-14-17(22)13-26(12-9-19(21(28)29)24-15-27)11-3-2-6-18-8-7-16-5-4-10-23-20(16)25-18;1-6-8-9(7-2)10(3,4)5;1-3-2;1-2/h7-8,15,17,19H,2-6,9-14H2,1H3,(H,23,25)(H,24,27)(H,28,29);6-8H,1-5H3;1H,2H3;1-2H3/b;8-6-,9-7+;;. The predicted octanol–water partition coefficient (Wildman–Crippen LogP) is 6.86. The first kappa shape index (κ1) is 43.9. The highest BCUT2D eigenvalue weighted by atomic mass is 19.1. The lowest BCUT2D eigenvalue weighted by Crippen LogP contribution is -2.41. The third-order valence-electron chi connectivity index (χ3n) is 6.74. The Hall–Kier alpha value is -3.22. The maximum atomic E-state index is 14.0. The normalized spacial score (nSPS) is 13.7. The molecular weight excluding hydrogens is 571 g/mol. The van der Waals surface area contributed by atoms with Crippen molar-refractivity contribution in [3.05, 3.63) is 47.2 Å². The number of halogens is 1. The number of carboxylic acids is 1. The van der Waals surface area contributed by atoms with E-state index >= 15 is 0 Å². The molecule has 45 heavy (non-hydrogen) atoms. The van der Waals surface area contributed by atoms with Gasteiger partial charge in [0.15, 0.2) is 0 Å². The number of amides is 1. The summed E-state index contributed by atoms with van der Waals surface area (Å²) in [7, 11) is 1.45. The fourth-order valence-corrected chi connectivity index (χ4v) is 4.59. The summed E-state index contributed by atoms with van der Waals surface area (Å²) in [6.07, 6.45) is 15.2. The third-order valence-corrected chi connectivity index (χ3v) is 6.74. The summed E-state index contributed by atoms with van der Waals surface area (Å²) >= 11 is 0. The van der Waals surface area contributed by atoms with Gasteiger partial charge in [0.1, 0.15) is 18.0 Å². The summed E-state index contributed by atoms with van der Waals surface area (Å²) in [5, 5.41) is 14.8. The minimum absolute atomic E-state index is 0.00249. The van der Waals surface area contributed by atoms with Gasteiger partial charge in [-0.1, -0.05) is 58.9 Å². The Kier molecular flexibility index (Phi) is 26.5. The molecule has 0 fully saturated rings. The Morgan fingerprint density at radius 3 is 2.44 bits per heavy atom. The van der Waals surface area contributed by atoms with E-state index in [0.717, 1.165) is 50.2 Å². The molecule has 0 radical (unpaired) electrons. The first-order valence-electron chi connectivity index (χ1n) is 16.1. The predicted molar refractivity (Wildman–Crippen MR) is 186 cm³/mol. The van der Waals surface area contributed by atoms with Gasteiger partial charge in [0, 0.05) is 32.4 Å². The van der Waals surface area contributed by atoms with Crippen LogP contribution in [0.15, 0.2) is 35.9 Å². The molecule has 0 spiro atoms. The number of methoxy groups -OCH3 is 1. The van der Waals surface area contributed by atoms with Crippen LogP contribution in [-0.2, 0) is 27.2 Å². The molecule has 8 nitrogen and oxygen atoms in total. The number of nitrogens with zero attached hydrogens (tertiary/aromatic N) is 2. The number of hydrogen-bond donors (Lipinski definition) is 3. The van der Waals surface area contributed by atoms with Crippen molar-refractivity contribution in [3.63, 3.8) is 0 Å². The van der Waals surface area contributed by atoms with Gasteiger partial charge in [0.05, 0.1) is 6.61 Å². The van der Waals surface area contributed by atoms with Crippen LogP contribution in [0.5, 0.6) is 0 Å². The Morgan fingerprint density at radius 1 is 1.27 bits per heavy atom. The summed E-state index contributed by atoms with van der Waals surface area (Å²) in [5.74, 6) is 2.14. The van der Waals surface area contributed by atoms with Crippen molar-refractivity contribution in [2.75, 3.05) is 45.2 Å². The lowest BCUT2D eigenvalue weighted by Gasteiger charge is -2.25. The van der Waals surface area contributed by atoms with E-state index < -0.39 is 18.2 Å². The van der Waals surface area contributed by atoms with Crippen molar-refractivity contribution in [3.8, 4) is 12.3 Å². The Bertz CT molecular complexity index is 1030. The van der Waals surface area contributed by atoms with Crippen LogP contribution in [0.1, 0.15) is 92.3 Å². The minimum Gasteiger partial charge on any atom is -0.480 e. The van der Waals surface area contributed by atoms with E-state index in [2.05, 4.69) is 88.0 Å². The van der Waals surface area contributed by atoms with Crippen LogP contribution < -0.4 is 10.6 Å². The first-order valence-corrected chi connectivity index (χ1v) is 16.1. The second kappa shape index (κ2) is 27.1. The van der Waals surface area contributed by atoms with E-state index in [-0.39, 0.29) is 19.6 Å². The van der Waals surface area contributed by atoms with Gasteiger partial charge in [0.2, 0.25) is 6.41 Å². The quantitative estimate of drug-likeness (QED) is 0.0792. The Balaban J connectivity index is 0. The van der Waals surface area contributed by atoms with Gasteiger partial charge >= 0.3 is 5.97 Å². The monoisotopic (exact) mass is 632 g/mol. The second-order valence-corrected chi connectivity index (χ2v) is 11.4. The average molecular weight is 633 g/mol. The van der Waals surface area contributed by atoms with Crippen LogP contribution in [0.4, 0.5) is 10.2 Å². The molecule has 9 heteroatoms. The van der Waals surface area contributed by atoms with Crippen LogP contribution in [0.2, 0.25) is 0 Å². The summed E-state index contributed by atoms with van der Waals surface area (Å²) in [4.78, 5) is 28.4. The number of carboxylic acid groups (broad SMARTS) is 1. The number of fused-ring (bicyclic) bond motifs is 1. The van der Waals surface area contributed by atoms with Crippen molar-refractivity contribution >= 4 is 18.2 Å². The van der Waals surface area contributed by atoms with Gasteiger partial charge in [-0.2, -0.15) is 0 Å². The van der Waals surface area contributed by atoms with E-state index in [9.17, 15) is 14.0 Å². The van der Waals surface area contributed by atoms with Crippen LogP contribution in [0, 0.1) is 17.8 Å². The molecule has 2 rings (SSSR count). The van der Waals surface area contributed by atoms with Crippen molar-refractivity contribution in [1.29, 1.82) is 0 Å². The lowest BCUT2D eigenvalue weighted by molar-refractivity contribution is -0.140. The molecular formula is C36H61FN4O4. The maximum Gasteiger partial charge on any atom is 0.326 e. The number of unbranched alkanes of at least 4 members (excludes halogenated alkanes) is 1. The topological polar surface area (TPSA) is 104 Å². The fourth-order valence-electron chi connectivity index (χ4n) is 4.59. The molecule has 2 atom stereocenters. The second-order valence-electron chi connectivity index (χ2n) is 11.4. The molecule has 2 unspecified atom stereocenters. The Labute approximate surface area is 273 Å². The number of alkyl halides is 1. The fraction of sp³-hybridized carbons (Fsp3) is 0.639. The van der Waals surface area contributed by atoms with E-state index in [4.69, 9.17) is 14.8 Å². The first-order chi connectivity index (χ1) is 21.5. The summed E-state index contributed by atoms with van der Waals surface area (Å²) in [6, 6.07) is 3.24. The largest absolute Gasteiger partial charge is 0.480 e. The van der Waals surface area contributed by atoms with Crippen LogP contribution in [0.25, 0.3) is 0 Å². The maximum absolute atomic E-state index is 14.0. The van der Waals surface area contributed by atoms with Crippen LogP contribution in [0.3, 0.4) is 0 Å². The van der Waals surface area contributed by atoms with E-state index in [1.165, 1.54) is 18.2 Å². The molecule has 1 aromatic rings. The third kappa shape index (κ3) is 21.2. The molecule has 0 saturated heterocycles. The zero-order valence-corrected chi connectivity index (χ0v) is 29.4. The van der Waals surface area contributed by atoms with Crippen LogP contribution in [-0.4, -0.2) is 79.5 Å². The number of hydrogen-bond acceptors (Lipinski definition) is 6. The number of aryl methyl sites for hydroxylation is 2. The van der Waals surface area contributed by atoms with Gasteiger partial charge < -0.3 is 25.4 Å². The number of allylic oxidation sites excluding steroid dienone is 4. The summed E-state index contributed by atoms with van der Waals surface area (Å²) < 4.78 is 18.9. The molecule has 256 valence electrons. The van der Waals surface area contributed by atoms with Gasteiger partial charge in [-0.3, -0.25) is 4.79 Å². The molecule has 0 bridgehead atoms. The summed E-state index contributed by atoms with van der Waals surface area (Å²) in [6.45, 7) is 18.6. The van der Waals surface area contributed by atoms with Crippen molar-refractivity contribution in [2.24, 2.45) is 5.41 Å². The van der Waals surface area contributed by atoms with Crippen LogP contribution >= 0.6 is 0 Å². The number of aliphatic carboxylic acids is 1. The molecule has 0 aromatic carbocycles. The zero-order chi connectivity index (χ0) is 34.7. The number of rotatable bonds is 16. The van der Waals surface area contributed by atoms with E-state index in [1.807, 2.05) is 18.7 Å². The number of pyridine rings is 1. The van der Waals surface area contributed by atoms with Gasteiger partial charge in [-0.15, -0.1) is 12.3 Å². The van der Waals surface area contributed by atoms with Crippen molar-refractivity contribution in [1.82, 2.24) is 15.2 Å². The highest BCUT2D eigenvalue weighted by Gasteiger charge is 2.20. The SMILES string of the molecule is C#CC.C/C=C\C(=C/C)C(C)(C)C.CC.COCC(F)CN(CCCCc1ccc2c(n1)NCCC2)CCC(NC=O)C(=O)O. The van der Waals surface area contributed by atoms with Crippen molar-refractivity contribution < 1.29 is 23.8 Å². The van der Waals surface area contributed by atoms with E-state index in [1.54, 1.807) is 6.92 Å². The van der Waals surface area contributed by atoms with Gasteiger partial charge in [0.25, 0.3) is 0 Å². The lowest BCUT2D eigenvalue weighted by atomic mass is 9.86. The number of carbonyl (C=O) groups excluding carboxylic acids is 1.